The van der Waals surface area contributed by atoms with Crippen LogP contribution in [0.3, 0.4) is 0 Å². The first-order chi connectivity index (χ1) is 19.1. The van der Waals surface area contributed by atoms with E-state index in [9.17, 15) is 9.90 Å². The van der Waals surface area contributed by atoms with Crippen molar-refractivity contribution < 1.29 is 19.4 Å². The van der Waals surface area contributed by atoms with E-state index in [-0.39, 0.29) is 11.2 Å². The molecule has 0 unspecified atom stereocenters. The van der Waals surface area contributed by atoms with Gasteiger partial charge in [0.25, 0.3) is 0 Å². The Labute approximate surface area is 244 Å². The van der Waals surface area contributed by atoms with Crippen molar-refractivity contribution in [1.29, 1.82) is 0 Å². The van der Waals surface area contributed by atoms with E-state index in [0.29, 0.717) is 19.8 Å². The summed E-state index contributed by atoms with van der Waals surface area (Å²) < 4.78 is 11.3. The molecule has 0 saturated carbocycles. The van der Waals surface area contributed by atoms with Crippen LogP contribution in [0.25, 0.3) is 0 Å². The third-order valence-corrected chi connectivity index (χ3v) is 7.49. The van der Waals surface area contributed by atoms with Gasteiger partial charge in [-0.25, -0.2) is 0 Å². The van der Waals surface area contributed by atoms with E-state index in [1.54, 1.807) is 0 Å². The predicted octanol–water partition coefficient (Wildman–Crippen LogP) is 9.56. The number of unbranched alkanes of at least 4 members (excludes halogenated alkanes) is 11. The summed E-state index contributed by atoms with van der Waals surface area (Å²) in [6.07, 6.45) is 27.1. The molecule has 0 saturated heterocycles. The van der Waals surface area contributed by atoms with Crippen LogP contribution in [-0.2, 0) is 20.9 Å². The minimum atomic E-state index is -0.445. The number of aliphatic hydroxyl groups excluding tert-OH is 1. The molecule has 0 fully saturated rings. The fourth-order valence-corrected chi connectivity index (χ4v) is 5.00. The van der Waals surface area contributed by atoms with E-state index in [2.05, 4.69) is 43.4 Å². The van der Waals surface area contributed by atoms with Gasteiger partial charge in [-0.3, -0.25) is 4.79 Å². The molecule has 0 radical (unpaired) electrons. The third kappa shape index (κ3) is 24.1. The Morgan fingerprint density at radius 2 is 1.44 bits per heavy atom. The molecule has 222 valence electrons. The van der Waals surface area contributed by atoms with Crippen molar-refractivity contribution in [1.82, 2.24) is 0 Å². The number of hydrogen-bond acceptors (Lipinski definition) is 5. The van der Waals surface area contributed by atoms with Crippen LogP contribution in [0, 0.1) is 0 Å². The monoisotopic (exact) mass is 560 g/mol. The highest BCUT2D eigenvalue weighted by molar-refractivity contribution is 8.13. The summed E-state index contributed by atoms with van der Waals surface area (Å²) >= 11 is 1.32. The molecule has 0 amide bonds. The van der Waals surface area contributed by atoms with Crippen molar-refractivity contribution in [2.75, 3.05) is 12.5 Å². The van der Waals surface area contributed by atoms with Crippen LogP contribution in [0.5, 0.6) is 0 Å². The highest BCUT2D eigenvalue weighted by Crippen LogP contribution is 2.15. The summed E-state index contributed by atoms with van der Waals surface area (Å²) in [4.78, 5) is 11.5. The molecule has 39 heavy (non-hydrogen) atoms. The van der Waals surface area contributed by atoms with Gasteiger partial charge in [-0.15, -0.1) is 0 Å². The lowest BCUT2D eigenvalue weighted by molar-refractivity contribution is -0.112. The number of aliphatic hydroxyl groups is 1. The predicted molar refractivity (Wildman–Crippen MR) is 168 cm³/mol. The van der Waals surface area contributed by atoms with E-state index < -0.39 is 6.10 Å². The minimum absolute atomic E-state index is 0.124. The van der Waals surface area contributed by atoms with Gasteiger partial charge >= 0.3 is 0 Å². The van der Waals surface area contributed by atoms with Gasteiger partial charge in [0.2, 0.25) is 0 Å². The normalized spacial score (nSPS) is 13.4. The molecule has 1 aromatic carbocycles. The zero-order chi connectivity index (χ0) is 28.2. The molecule has 0 bridgehead atoms. The van der Waals surface area contributed by atoms with Crippen molar-refractivity contribution in [2.45, 2.75) is 135 Å². The summed E-state index contributed by atoms with van der Waals surface area (Å²) in [6.45, 7) is 4.99. The standard InChI is InChI=1S/C34H56O4S/c1-3-39-34(36)28-33(35)27-23-18-16-14-12-10-8-6-4-5-7-9-11-13-15-17-20-24-31(2)38-30-37-29-32-25-21-19-22-26-32/h9,11,17,19-22,25-26,31,33,35H,3-8,10,12-16,18,23-24,27-30H2,1-2H3/b11-9-,20-17+/t31-,33-/m1/s1. The summed E-state index contributed by atoms with van der Waals surface area (Å²) in [6, 6.07) is 10.2. The molecule has 5 heteroatoms. The summed E-state index contributed by atoms with van der Waals surface area (Å²) in [5.74, 6) is 0.798. The van der Waals surface area contributed by atoms with Gasteiger partial charge in [0.05, 0.1) is 18.8 Å². The van der Waals surface area contributed by atoms with Gasteiger partial charge < -0.3 is 14.6 Å². The Balaban J connectivity index is 1.79. The third-order valence-electron chi connectivity index (χ3n) is 6.71. The van der Waals surface area contributed by atoms with Gasteiger partial charge in [0.15, 0.2) is 5.12 Å². The highest BCUT2D eigenvalue weighted by atomic mass is 32.2. The minimum Gasteiger partial charge on any atom is -0.393 e. The number of carbonyl (C=O) groups excluding carboxylic acids is 1. The summed E-state index contributed by atoms with van der Waals surface area (Å²) in [5, 5.41) is 10.0. The molecule has 0 spiro atoms. The van der Waals surface area contributed by atoms with Crippen LogP contribution in [0.15, 0.2) is 54.6 Å². The Bertz CT molecular complexity index is 734. The molecule has 0 aliphatic heterocycles. The van der Waals surface area contributed by atoms with Crippen molar-refractivity contribution in [3.8, 4) is 0 Å². The number of rotatable bonds is 26. The van der Waals surface area contributed by atoms with E-state index in [0.717, 1.165) is 37.9 Å². The van der Waals surface area contributed by atoms with Crippen molar-refractivity contribution in [3.05, 3.63) is 60.2 Å². The van der Waals surface area contributed by atoms with Crippen molar-refractivity contribution >= 4 is 16.9 Å². The van der Waals surface area contributed by atoms with Crippen LogP contribution >= 0.6 is 11.8 Å². The molecular formula is C34H56O4S. The number of ether oxygens (including phenoxy) is 2. The lowest BCUT2D eigenvalue weighted by Gasteiger charge is -2.11. The summed E-state index contributed by atoms with van der Waals surface area (Å²) in [7, 11) is 0. The molecule has 0 heterocycles. The average Bonchev–Trinajstić information content (AvgIpc) is 2.93. The van der Waals surface area contributed by atoms with Crippen LogP contribution < -0.4 is 0 Å². The maximum atomic E-state index is 11.5. The average molecular weight is 561 g/mol. The Morgan fingerprint density at radius 3 is 2.10 bits per heavy atom. The molecule has 0 aromatic heterocycles. The molecule has 4 nitrogen and oxygen atoms in total. The fraction of sp³-hybridized carbons (Fsp3) is 0.676. The number of benzene rings is 1. The Morgan fingerprint density at radius 1 is 0.846 bits per heavy atom. The second-order valence-electron chi connectivity index (χ2n) is 10.5. The van der Waals surface area contributed by atoms with Crippen molar-refractivity contribution in [3.63, 3.8) is 0 Å². The second-order valence-corrected chi connectivity index (χ2v) is 11.8. The van der Waals surface area contributed by atoms with E-state index >= 15 is 0 Å². The fourth-order valence-electron chi connectivity index (χ4n) is 4.37. The molecule has 1 N–H and O–H groups in total. The van der Waals surface area contributed by atoms with Crippen LogP contribution in [0.1, 0.15) is 122 Å². The van der Waals surface area contributed by atoms with Crippen LogP contribution in [-0.4, -0.2) is 35.0 Å². The molecule has 0 aliphatic rings. The topological polar surface area (TPSA) is 55.8 Å². The number of thioether (sulfide) groups is 1. The maximum absolute atomic E-state index is 11.5. The first-order valence-electron chi connectivity index (χ1n) is 15.5. The quantitative estimate of drug-likeness (QED) is 0.0694. The lowest BCUT2D eigenvalue weighted by atomic mass is 10.0. The van der Waals surface area contributed by atoms with E-state index in [4.69, 9.17) is 9.47 Å². The molecule has 1 aromatic rings. The molecule has 2 atom stereocenters. The SMILES string of the molecule is CCSC(=O)C[C@H](O)CCCCCCCCCCCC/C=C\CC/C=C/C[C@@H](C)OCOCc1ccccc1. The highest BCUT2D eigenvalue weighted by Gasteiger charge is 2.10. The molecule has 0 aliphatic carbocycles. The van der Waals surface area contributed by atoms with E-state index in [1.165, 1.54) is 81.5 Å². The Kier molecular flexibility index (Phi) is 24.5. The van der Waals surface area contributed by atoms with E-state index in [1.807, 2.05) is 25.1 Å². The second kappa shape index (κ2) is 26.8. The number of hydrogen-bond donors (Lipinski definition) is 1. The largest absolute Gasteiger partial charge is 0.393 e. The van der Waals surface area contributed by atoms with Crippen LogP contribution in [0.2, 0.25) is 0 Å². The zero-order valence-corrected chi connectivity index (χ0v) is 25.7. The van der Waals surface area contributed by atoms with Gasteiger partial charge in [-0.1, -0.05) is 131 Å². The molecule has 1 rings (SSSR count). The van der Waals surface area contributed by atoms with Gasteiger partial charge in [-0.2, -0.15) is 0 Å². The van der Waals surface area contributed by atoms with Crippen LogP contribution in [0.4, 0.5) is 0 Å². The first kappa shape index (κ1) is 35.6. The molecular weight excluding hydrogens is 504 g/mol. The van der Waals surface area contributed by atoms with Gasteiger partial charge in [0.1, 0.15) is 6.79 Å². The zero-order valence-electron chi connectivity index (χ0n) is 24.9. The number of carbonyl (C=O) groups is 1. The first-order valence-corrected chi connectivity index (χ1v) is 16.5. The maximum Gasteiger partial charge on any atom is 0.191 e. The van der Waals surface area contributed by atoms with Gasteiger partial charge in [-0.05, 0) is 56.8 Å². The Hall–Kier alpha value is -1.40. The van der Waals surface area contributed by atoms with Gasteiger partial charge in [0, 0.05) is 6.42 Å². The number of allylic oxidation sites excluding steroid dienone is 3. The smallest absolute Gasteiger partial charge is 0.191 e. The van der Waals surface area contributed by atoms with Crippen molar-refractivity contribution in [2.24, 2.45) is 0 Å². The lowest BCUT2D eigenvalue weighted by Crippen LogP contribution is -2.11. The summed E-state index contributed by atoms with van der Waals surface area (Å²) in [5.41, 5.74) is 1.17.